The van der Waals surface area contributed by atoms with E-state index in [1.807, 2.05) is 0 Å². The van der Waals surface area contributed by atoms with Crippen LogP contribution in [0.4, 0.5) is 0 Å². The highest BCUT2D eigenvalue weighted by molar-refractivity contribution is 6.15. The average Bonchev–Trinajstić information content (AvgIpc) is 1.56. The Balaban J connectivity index is 0.608. The van der Waals surface area contributed by atoms with Crippen LogP contribution in [0.2, 0.25) is 0 Å². The van der Waals surface area contributed by atoms with Gasteiger partial charge >= 0.3 is 0 Å². The minimum absolute atomic E-state index is 0.106. The first-order valence-corrected chi connectivity index (χ1v) is 38.9. The lowest BCUT2D eigenvalue weighted by Crippen LogP contribution is -2.15. The molecular weight excluding hydrogens is 1360 g/mol. The molecule has 0 amide bonds. The van der Waals surface area contributed by atoms with E-state index in [-0.39, 0.29) is 10.8 Å². The summed E-state index contributed by atoms with van der Waals surface area (Å²) in [4.78, 5) is 11.1. The molecular formula is C106H72N6. The molecule has 0 saturated carbocycles. The van der Waals surface area contributed by atoms with Gasteiger partial charge in [0.2, 0.25) is 0 Å². The van der Waals surface area contributed by atoms with Gasteiger partial charge in [0.1, 0.15) is 0 Å². The summed E-state index contributed by atoms with van der Waals surface area (Å²) in [7, 11) is 0. The van der Waals surface area contributed by atoms with Crippen LogP contribution >= 0.6 is 0 Å². The molecule has 526 valence electrons. The fourth-order valence-electron chi connectivity index (χ4n) is 19.3. The number of rotatable bonds is 10. The third-order valence-corrected chi connectivity index (χ3v) is 24.8. The zero-order valence-electron chi connectivity index (χ0n) is 62.3. The third kappa shape index (κ3) is 9.58. The van der Waals surface area contributed by atoms with Gasteiger partial charge in [0, 0.05) is 93.4 Å². The van der Waals surface area contributed by atoms with Crippen LogP contribution in [0.15, 0.2) is 364 Å². The molecule has 21 aromatic rings. The number of hydrogen-bond acceptors (Lipinski definition) is 2. The maximum atomic E-state index is 5.59. The number of nitrogens with zero attached hydrogens (tertiary/aromatic N) is 6. The van der Waals surface area contributed by atoms with E-state index < -0.39 is 0 Å². The molecule has 0 saturated heterocycles. The molecule has 0 radical (unpaired) electrons. The van der Waals surface area contributed by atoms with Gasteiger partial charge in [0.25, 0.3) is 0 Å². The molecule has 0 atom stereocenters. The highest BCUT2D eigenvalue weighted by atomic mass is 15.0. The summed E-state index contributed by atoms with van der Waals surface area (Å²) in [5.41, 5.74) is 35.9. The minimum atomic E-state index is -0.106. The maximum Gasteiger partial charge on any atom is 0.160 e. The first-order valence-electron chi connectivity index (χ1n) is 38.9. The summed E-state index contributed by atoms with van der Waals surface area (Å²) in [5.74, 6) is 0.642. The molecule has 5 heterocycles. The molecule has 0 N–H and O–H groups in total. The molecule has 6 heteroatoms. The van der Waals surface area contributed by atoms with Crippen molar-refractivity contribution in [3.8, 4) is 112 Å². The Kier molecular flexibility index (Phi) is 13.8. The number of para-hydroxylation sites is 4. The number of fused-ring (bicyclic) bond motifs is 18. The Hall–Kier alpha value is -14.2. The molecule has 2 aliphatic rings. The minimum Gasteiger partial charge on any atom is -0.309 e. The molecule has 5 aromatic heterocycles. The largest absolute Gasteiger partial charge is 0.309 e. The fourth-order valence-corrected chi connectivity index (χ4v) is 19.3. The lowest BCUT2D eigenvalue weighted by Gasteiger charge is -2.22. The van der Waals surface area contributed by atoms with E-state index in [4.69, 9.17) is 9.97 Å². The predicted octanol–water partition coefficient (Wildman–Crippen LogP) is 27.5. The Morgan fingerprint density at radius 3 is 0.920 bits per heavy atom. The van der Waals surface area contributed by atoms with E-state index >= 15 is 0 Å². The normalized spacial score (nSPS) is 13.3. The van der Waals surface area contributed by atoms with E-state index in [1.165, 1.54) is 149 Å². The Morgan fingerprint density at radius 2 is 0.491 bits per heavy atom. The van der Waals surface area contributed by atoms with Gasteiger partial charge in [-0.15, -0.1) is 0 Å². The van der Waals surface area contributed by atoms with Crippen LogP contribution in [0, 0.1) is 0 Å². The molecule has 0 spiro atoms. The number of aromatic nitrogens is 6. The third-order valence-electron chi connectivity index (χ3n) is 24.8. The van der Waals surface area contributed by atoms with Crippen molar-refractivity contribution in [1.82, 2.24) is 28.2 Å². The topological polar surface area (TPSA) is 45.5 Å². The van der Waals surface area contributed by atoms with E-state index in [1.54, 1.807) is 0 Å². The van der Waals surface area contributed by atoms with Gasteiger partial charge in [-0.05, 0) is 205 Å². The fraction of sp³-hybridized carbons (Fsp3) is 0.0566. The smallest absolute Gasteiger partial charge is 0.160 e. The van der Waals surface area contributed by atoms with Crippen LogP contribution in [0.25, 0.3) is 200 Å². The molecule has 0 aliphatic heterocycles. The zero-order chi connectivity index (χ0) is 74.2. The summed E-state index contributed by atoms with van der Waals surface area (Å²) in [5, 5.41) is 9.69. The van der Waals surface area contributed by atoms with Gasteiger partial charge < -0.3 is 18.3 Å². The molecule has 16 aromatic carbocycles. The maximum absolute atomic E-state index is 5.59. The monoisotopic (exact) mass is 1430 g/mol. The highest BCUT2D eigenvalue weighted by Gasteiger charge is 2.37. The van der Waals surface area contributed by atoms with Crippen LogP contribution in [0.5, 0.6) is 0 Å². The van der Waals surface area contributed by atoms with Crippen LogP contribution in [-0.2, 0) is 10.8 Å². The SMILES string of the molecule is CC1(C)c2ccccc2-c2ccc(-n3c4ccccc4c4cc(-c5ccc6c(c5)c5ccccc5n6-c5cccc(-c6cc(-c7ccc(-c8ccccc8)cc7)nc(-c7cccc(-n8c9ccccc9c9cc(-c%10ccc%11c(c%10)c%10ccccc%10n%11-c%10ccc%11c(c%10)C(C)(C)c%10ccccc%10-%11)ccc98)c7)n6)c5)ccc43)cc21. The van der Waals surface area contributed by atoms with Crippen molar-refractivity contribution in [2.45, 2.75) is 38.5 Å². The molecule has 0 fully saturated rings. The van der Waals surface area contributed by atoms with Gasteiger partial charge in [-0.3, -0.25) is 0 Å². The first kappa shape index (κ1) is 63.9. The standard InChI is InChI=1S/C106H72N6/c1-105(2)90-34-14-8-28-78(90)80-50-48-76(62-92(80)105)111-98-38-18-12-32-84(98)88-60-70(46-54-102(88)111)68-44-52-100-86(58-68)82-30-10-16-36-96(82)109(100)74-26-20-24-72(56-74)95-64-94(67-42-40-66(41-43-67)65-22-6-5-7-23-65)107-104(108-95)73-25-21-27-75(57-73)110-97-37-17-11-31-83(97)87-59-69(45-53-101(87)110)71-47-55-103-89(61-71)85-33-13-19-39-99(85)112(103)77-49-51-81-79-29-9-15-35-91(79)106(3,4)93(81)63-77/h5-64H,1-4H3. The van der Waals surface area contributed by atoms with E-state index in [0.29, 0.717) is 5.82 Å². The van der Waals surface area contributed by atoms with Crippen LogP contribution in [0.3, 0.4) is 0 Å². The summed E-state index contributed by atoms with van der Waals surface area (Å²) in [6.45, 7) is 9.45. The highest BCUT2D eigenvalue weighted by Crippen LogP contribution is 2.52. The second-order valence-corrected chi connectivity index (χ2v) is 31.6. The van der Waals surface area contributed by atoms with Crippen molar-refractivity contribution in [1.29, 1.82) is 0 Å². The second-order valence-electron chi connectivity index (χ2n) is 31.6. The number of benzene rings is 16. The Morgan fingerprint density at radius 1 is 0.188 bits per heavy atom. The van der Waals surface area contributed by atoms with Crippen molar-refractivity contribution >= 4 is 87.2 Å². The summed E-state index contributed by atoms with van der Waals surface area (Å²) in [6, 6.07) is 135. The van der Waals surface area contributed by atoms with Crippen LogP contribution in [-0.4, -0.2) is 28.2 Å². The van der Waals surface area contributed by atoms with E-state index in [2.05, 4.69) is 410 Å². The van der Waals surface area contributed by atoms with Gasteiger partial charge in [0.15, 0.2) is 5.82 Å². The van der Waals surface area contributed by atoms with Gasteiger partial charge in [-0.25, -0.2) is 9.97 Å². The lowest BCUT2D eigenvalue weighted by atomic mass is 9.82. The van der Waals surface area contributed by atoms with Crippen molar-refractivity contribution in [2.24, 2.45) is 0 Å². The molecule has 2 aliphatic carbocycles. The van der Waals surface area contributed by atoms with Gasteiger partial charge in [-0.2, -0.15) is 0 Å². The first-order chi connectivity index (χ1) is 55.0. The zero-order valence-corrected chi connectivity index (χ0v) is 62.3. The summed E-state index contributed by atoms with van der Waals surface area (Å²) >= 11 is 0. The molecule has 6 nitrogen and oxygen atoms in total. The number of hydrogen-bond donors (Lipinski definition) is 0. The summed E-state index contributed by atoms with van der Waals surface area (Å²) in [6.07, 6.45) is 0. The molecule has 0 bridgehead atoms. The van der Waals surface area contributed by atoms with E-state index in [0.717, 1.165) is 67.1 Å². The molecule has 112 heavy (non-hydrogen) atoms. The van der Waals surface area contributed by atoms with Gasteiger partial charge in [-0.1, -0.05) is 264 Å². The Labute approximate surface area is 648 Å². The van der Waals surface area contributed by atoms with Crippen LogP contribution < -0.4 is 0 Å². The summed E-state index contributed by atoms with van der Waals surface area (Å²) < 4.78 is 9.75. The quantitative estimate of drug-likeness (QED) is 0.137. The average molecular weight is 1430 g/mol. The van der Waals surface area contributed by atoms with Gasteiger partial charge in [0.05, 0.1) is 55.5 Å². The Bertz CT molecular complexity index is 7160. The van der Waals surface area contributed by atoms with Crippen molar-refractivity contribution in [2.75, 3.05) is 0 Å². The molecule has 23 rings (SSSR count). The van der Waals surface area contributed by atoms with Crippen LogP contribution in [0.1, 0.15) is 49.9 Å². The van der Waals surface area contributed by atoms with Crippen molar-refractivity contribution in [3.05, 3.63) is 386 Å². The molecule has 0 unspecified atom stereocenters. The van der Waals surface area contributed by atoms with E-state index in [9.17, 15) is 0 Å². The van der Waals surface area contributed by atoms with Crippen molar-refractivity contribution in [3.63, 3.8) is 0 Å². The predicted molar refractivity (Wildman–Crippen MR) is 467 cm³/mol. The van der Waals surface area contributed by atoms with Crippen molar-refractivity contribution < 1.29 is 0 Å². The second kappa shape index (κ2) is 24.1. The lowest BCUT2D eigenvalue weighted by molar-refractivity contribution is 0.660.